The molecule has 2 N–H and O–H groups in total. The van der Waals surface area contributed by atoms with Gasteiger partial charge in [-0.25, -0.2) is 9.78 Å². The lowest BCUT2D eigenvalue weighted by Gasteiger charge is -1.99. The lowest BCUT2D eigenvalue weighted by atomic mass is 10.2. The quantitative estimate of drug-likeness (QED) is 0.671. The predicted octanol–water partition coefficient (Wildman–Crippen LogP) is 2.11. The maximum Gasteiger partial charge on any atom is 0.378 e. The first-order chi connectivity index (χ1) is 8.09. The second kappa shape index (κ2) is 4.50. The number of rotatable bonds is 3. The number of carbonyl (C=O) groups is 2. The molecule has 0 atom stereocenters. The van der Waals surface area contributed by atoms with E-state index in [0.29, 0.717) is 5.82 Å². The third-order valence-corrected chi connectivity index (χ3v) is 2.84. The van der Waals surface area contributed by atoms with E-state index in [0.717, 1.165) is 10.0 Å². The van der Waals surface area contributed by atoms with Crippen molar-refractivity contribution >= 4 is 27.7 Å². The first-order valence-electron chi connectivity index (χ1n) is 4.67. The number of hydrogen-bond acceptors (Lipinski definition) is 3. The zero-order valence-electron chi connectivity index (χ0n) is 8.48. The van der Waals surface area contributed by atoms with E-state index in [1.165, 1.54) is 6.20 Å². The largest absolute Gasteiger partial charge is 0.475 e. The lowest BCUT2D eigenvalue weighted by Crippen LogP contribution is -2.12. The molecular weight excluding hydrogens is 288 g/mol. The summed E-state index contributed by atoms with van der Waals surface area (Å²) in [4.78, 5) is 28.4. The first-order valence-corrected chi connectivity index (χ1v) is 5.46. The number of ketones is 1. The monoisotopic (exact) mass is 294 g/mol. The standard InChI is InChI=1S/C11H7BrN2O3/c12-7-4-2-1-3-6(7)10-13-5-8(14-10)9(15)11(16)17/h1-5H,(H,13,14)(H,16,17). The average Bonchev–Trinajstić information content (AvgIpc) is 2.77. The molecule has 0 radical (unpaired) electrons. The van der Waals surface area contributed by atoms with Gasteiger partial charge >= 0.3 is 5.97 Å². The Morgan fingerprint density at radius 1 is 1.29 bits per heavy atom. The van der Waals surface area contributed by atoms with E-state index in [1.807, 2.05) is 18.2 Å². The molecule has 6 heteroatoms. The van der Waals surface area contributed by atoms with Crippen LogP contribution in [-0.4, -0.2) is 26.8 Å². The van der Waals surface area contributed by atoms with E-state index in [-0.39, 0.29) is 5.69 Å². The van der Waals surface area contributed by atoms with Crippen LogP contribution >= 0.6 is 15.9 Å². The van der Waals surface area contributed by atoms with Crippen LogP contribution in [0.15, 0.2) is 34.9 Å². The van der Waals surface area contributed by atoms with Crippen LogP contribution < -0.4 is 0 Å². The highest BCUT2D eigenvalue weighted by Crippen LogP contribution is 2.25. The molecular formula is C11H7BrN2O3. The molecule has 2 rings (SSSR count). The molecule has 0 aliphatic heterocycles. The van der Waals surface area contributed by atoms with E-state index >= 15 is 0 Å². The van der Waals surface area contributed by atoms with Gasteiger partial charge in [-0.15, -0.1) is 0 Å². The zero-order chi connectivity index (χ0) is 12.4. The zero-order valence-corrected chi connectivity index (χ0v) is 10.1. The molecule has 0 spiro atoms. The molecule has 0 saturated heterocycles. The van der Waals surface area contributed by atoms with Crippen molar-refractivity contribution in [3.8, 4) is 11.4 Å². The Morgan fingerprint density at radius 3 is 2.65 bits per heavy atom. The van der Waals surface area contributed by atoms with Gasteiger partial charge in [0, 0.05) is 10.0 Å². The number of H-pyrrole nitrogens is 1. The molecule has 17 heavy (non-hydrogen) atoms. The van der Waals surface area contributed by atoms with Gasteiger partial charge in [0.1, 0.15) is 11.5 Å². The number of aromatic amines is 1. The highest BCUT2D eigenvalue weighted by Gasteiger charge is 2.18. The first kappa shape index (κ1) is 11.5. The van der Waals surface area contributed by atoms with Gasteiger partial charge in [-0.2, -0.15) is 0 Å². The third kappa shape index (κ3) is 2.26. The van der Waals surface area contributed by atoms with Gasteiger partial charge in [0.2, 0.25) is 0 Å². The van der Waals surface area contributed by atoms with Crippen LogP contribution in [0.3, 0.4) is 0 Å². The number of Topliss-reactive ketones (excluding diaryl/α,β-unsaturated/α-hetero) is 1. The number of carbonyl (C=O) groups excluding carboxylic acids is 1. The van der Waals surface area contributed by atoms with Gasteiger partial charge in [-0.05, 0) is 6.07 Å². The third-order valence-electron chi connectivity index (χ3n) is 2.14. The second-order valence-electron chi connectivity index (χ2n) is 3.26. The highest BCUT2D eigenvalue weighted by atomic mass is 79.9. The molecule has 2 aromatic rings. The molecule has 0 amide bonds. The van der Waals surface area contributed by atoms with E-state index in [9.17, 15) is 9.59 Å². The van der Waals surface area contributed by atoms with E-state index < -0.39 is 11.8 Å². The number of aliphatic carboxylic acids is 1. The summed E-state index contributed by atoms with van der Waals surface area (Å²) < 4.78 is 0.809. The maximum absolute atomic E-state index is 11.2. The SMILES string of the molecule is O=C(O)C(=O)c1cnc(-c2ccccc2Br)[nH]1. The Morgan fingerprint density at radius 2 is 2.00 bits per heavy atom. The van der Waals surface area contributed by atoms with Crippen molar-refractivity contribution in [2.45, 2.75) is 0 Å². The Hall–Kier alpha value is -1.95. The number of carboxylic acids is 1. The highest BCUT2D eigenvalue weighted by molar-refractivity contribution is 9.10. The van der Waals surface area contributed by atoms with Gasteiger partial charge in [-0.1, -0.05) is 34.1 Å². The Kier molecular flexibility index (Phi) is 3.06. The molecule has 1 aromatic heterocycles. The van der Waals surface area contributed by atoms with Crippen LogP contribution in [0.5, 0.6) is 0 Å². The summed E-state index contributed by atoms with van der Waals surface area (Å²) in [6, 6.07) is 7.30. The fourth-order valence-electron chi connectivity index (χ4n) is 1.34. The average molecular weight is 295 g/mol. The predicted molar refractivity (Wildman–Crippen MR) is 63.7 cm³/mol. The van der Waals surface area contributed by atoms with Crippen molar-refractivity contribution in [1.29, 1.82) is 0 Å². The van der Waals surface area contributed by atoms with Crippen molar-refractivity contribution in [2.24, 2.45) is 0 Å². The Bertz CT molecular complexity index is 592. The fraction of sp³-hybridized carbons (Fsp3) is 0. The number of carboxylic acid groups (broad SMARTS) is 1. The maximum atomic E-state index is 11.2. The topological polar surface area (TPSA) is 83.0 Å². The minimum Gasteiger partial charge on any atom is -0.475 e. The Labute approximate surface area is 105 Å². The number of halogens is 1. The van der Waals surface area contributed by atoms with Gasteiger partial charge in [0.25, 0.3) is 5.78 Å². The van der Waals surface area contributed by atoms with E-state index in [2.05, 4.69) is 25.9 Å². The molecule has 0 saturated carbocycles. The van der Waals surface area contributed by atoms with Crippen molar-refractivity contribution in [3.05, 3.63) is 40.6 Å². The Balaban J connectivity index is 2.40. The minimum absolute atomic E-state index is 0.0387. The van der Waals surface area contributed by atoms with Crippen molar-refractivity contribution < 1.29 is 14.7 Å². The molecule has 1 aromatic carbocycles. The minimum atomic E-state index is -1.51. The number of imidazole rings is 1. The number of hydrogen-bond donors (Lipinski definition) is 2. The van der Waals surface area contributed by atoms with Crippen LogP contribution in [0, 0.1) is 0 Å². The van der Waals surface area contributed by atoms with Gasteiger partial charge in [0.15, 0.2) is 0 Å². The summed E-state index contributed by atoms with van der Waals surface area (Å²) in [5, 5.41) is 8.56. The fourth-order valence-corrected chi connectivity index (χ4v) is 1.81. The van der Waals surface area contributed by atoms with Crippen LogP contribution in [0.4, 0.5) is 0 Å². The van der Waals surface area contributed by atoms with Crippen LogP contribution in [-0.2, 0) is 4.79 Å². The summed E-state index contributed by atoms with van der Waals surface area (Å²) in [5.41, 5.74) is 0.722. The molecule has 86 valence electrons. The van der Waals surface area contributed by atoms with Gasteiger partial charge in [0.05, 0.1) is 6.20 Å². The van der Waals surface area contributed by atoms with Crippen molar-refractivity contribution in [2.75, 3.05) is 0 Å². The molecule has 0 bridgehead atoms. The molecule has 0 aliphatic carbocycles. The summed E-state index contributed by atoms with van der Waals surface area (Å²) in [5.74, 6) is -2.06. The molecule has 0 unspecified atom stereocenters. The smallest absolute Gasteiger partial charge is 0.378 e. The van der Waals surface area contributed by atoms with Gasteiger partial charge in [-0.3, -0.25) is 4.79 Å². The molecule has 0 aliphatic rings. The summed E-state index contributed by atoms with van der Waals surface area (Å²) in [6.45, 7) is 0. The lowest BCUT2D eigenvalue weighted by molar-refractivity contribution is -0.131. The van der Waals surface area contributed by atoms with Crippen molar-refractivity contribution in [3.63, 3.8) is 0 Å². The van der Waals surface area contributed by atoms with Crippen LogP contribution in [0.1, 0.15) is 10.5 Å². The number of nitrogens with zero attached hydrogens (tertiary/aromatic N) is 1. The second-order valence-corrected chi connectivity index (χ2v) is 4.11. The molecule has 5 nitrogen and oxygen atoms in total. The van der Waals surface area contributed by atoms with Crippen molar-refractivity contribution in [1.82, 2.24) is 9.97 Å². The number of nitrogens with one attached hydrogen (secondary N) is 1. The van der Waals surface area contributed by atoms with E-state index in [4.69, 9.17) is 5.11 Å². The van der Waals surface area contributed by atoms with Crippen LogP contribution in [0.2, 0.25) is 0 Å². The van der Waals surface area contributed by atoms with E-state index in [1.54, 1.807) is 6.07 Å². The summed E-state index contributed by atoms with van der Waals surface area (Å²) in [6.07, 6.45) is 1.21. The normalized spacial score (nSPS) is 10.2. The molecule has 1 heterocycles. The number of benzene rings is 1. The van der Waals surface area contributed by atoms with Crippen LogP contribution in [0.25, 0.3) is 11.4 Å². The molecule has 0 fully saturated rings. The van der Waals surface area contributed by atoms with Gasteiger partial charge < -0.3 is 10.1 Å². The number of aromatic nitrogens is 2. The summed E-state index contributed by atoms with van der Waals surface area (Å²) >= 11 is 3.35. The summed E-state index contributed by atoms with van der Waals surface area (Å²) in [7, 11) is 0.